The zero-order chi connectivity index (χ0) is 29.5. The molecule has 0 fully saturated rings. The monoisotopic (exact) mass is 577 g/mol. The summed E-state index contributed by atoms with van der Waals surface area (Å²) in [5.74, 6) is 3.26. The Balaban J connectivity index is 1.19. The quantitative estimate of drug-likeness (QED) is 0.197. The van der Waals surface area contributed by atoms with E-state index in [4.69, 9.17) is 13.9 Å². The second-order valence-electron chi connectivity index (χ2n) is 11.7. The van der Waals surface area contributed by atoms with Gasteiger partial charge in [-0.25, -0.2) is 0 Å². The lowest BCUT2D eigenvalue weighted by atomic mass is 9.35. The molecule has 0 amide bonds. The number of furan rings is 1. The van der Waals surface area contributed by atoms with Crippen molar-refractivity contribution in [3.8, 4) is 23.0 Å². The Morgan fingerprint density at radius 3 is 1.96 bits per heavy atom. The van der Waals surface area contributed by atoms with Gasteiger partial charge >= 0.3 is 0 Å². The smallest absolute Gasteiger partial charge is 0.260 e. The normalized spacial score (nSPS) is 12.8. The summed E-state index contributed by atoms with van der Waals surface area (Å²) in [6.07, 6.45) is 0. The number of fused-ring (bicyclic) bond motifs is 9. The first kappa shape index (κ1) is 24.5. The van der Waals surface area contributed by atoms with E-state index in [1.807, 2.05) is 30.3 Å². The number of ether oxygens (including phenoxy) is 2. The number of nitrogens with zero attached hydrogens (tertiary/aromatic N) is 1. The van der Waals surface area contributed by atoms with Crippen LogP contribution < -0.4 is 30.8 Å². The van der Waals surface area contributed by atoms with E-state index in [9.17, 15) is 0 Å². The first-order valence-electron chi connectivity index (χ1n) is 15.2. The van der Waals surface area contributed by atoms with Gasteiger partial charge in [0.25, 0.3) is 6.71 Å². The minimum atomic E-state index is -0.000418. The Hall–Kier alpha value is -5.94. The average Bonchev–Trinajstić information content (AvgIpc) is 3.46. The van der Waals surface area contributed by atoms with Gasteiger partial charge in [0.05, 0.1) is 0 Å². The van der Waals surface area contributed by atoms with Gasteiger partial charge in [-0.05, 0) is 76.3 Å². The third-order valence-electron chi connectivity index (χ3n) is 9.15. The number of rotatable bonds is 3. The van der Waals surface area contributed by atoms with Gasteiger partial charge in [-0.3, -0.25) is 0 Å². The highest BCUT2D eigenvalue weighted by Gasteiger charge is 2.41. The van der Waals surface area contributed by atoms with Crippen LogP contribution >= 0.6 is 0 Å². The van der Waals surface area contributed by atoms with Crippen LogP contribution in [0.2, 0.25) is 0 Å². The van der Waals surface area contributed by atoms with E-state index in [2.05, 4.69) is 120 Å². The third-order valence-corrected chi connectivity index (χ3v) is 9.15. The number of hydrogen-bond donors (Lipinski definition) is 0. The van der Waals surface area contributed by atoms with Gasteiger partial charge < -0.3 is 18.8 Å². The predicted molar refractivity (Wildman–Crippen MR) is 184 cm³/mol. The van der Waals surface area contributed by atoms with Crippen molar-refractivity contribution < 1.29 is 13.9 Å². The molecule has 8 aromatic rings. The molecule has 5 heteroatoms. The summed E-state index contributed by atoms with van der Waals surface area (Å²) in [4.78, 5) is 2.27. The van der Waals surface area contributed by atoms with E-state index < -0.39 is 0 Å². The second kappa shape index (κ2) is 9.28. The standard InChI is InChI=1S/C40H24BNO3/c1-2-12-27(13-3-1)42(28-19-18-25-10-4-5-11-26(25)22-28)29-20-21-30-31-24-37-38-40(39(31)45-36(30)23-29)44-35-17-9-7-15-33(35)41(38)32-14-6-8-16-34(32)43-37/h1-24H. The maximum atomic E-state index is 6.75. The highest BCUT2D eigenvalue weighted by atomic mass is 16.5. The SMILES string of the molecule is c1ccc(N(c2ccc3ccccc3c2)c2ccc3c(c2)oc2c4c5c(cc23)Oc2ccccc2B5c2ccccc2O4)cc1. The second-order valence-corrected chi connectivity index (χ2v) is 11.7. The van der Waals surface area contributed by atoms with Crippen LogP contribution in [0.25, 0.3) is 32.7 Å². The molecule has 1 aromatic heterocycles. The van der Waals surface area contributed by atoms with Crippen molar-refractivity contribution in [2.45, 2.75) is 0 Å². The molecule has 2 aliphatic rings. The molecule has 4 nitrogen and oxygen atoms in total. The van der Waals surface area contributed by atoms with Crippen molar-refractivity contribution in [2.24, 2.45) is 0 Å². The van der Waals surface area contributed by atoms with Gasteiger partial charge in [-0.1, -0.05) is 84.9 Å². The van der Waals surface area contributed by atoms with Gasteiger partial charge in [0.2, 0.25) is 0 Å². The van der Waals surface area contributed by atoms with Crippen molar-refractivity contribution >= 4 is 72.9 Å². The van der Waals surface area contributed by atoms with Crippen LogP contribution in [0, 0.1) is 0 Å². The summed E-state index contributed by atoms with van der Waals surface area (Å²) in [5.41, 5.74) is 7.97. The van der Waals surface area contributed by atoms with Crippen LogP contribution in [0.1, 0.15) is 0 Å². The molecule has 45 heavy (non-hydrogen) atoms. The molecular formula is C40H24BNO3. The summed E-state index contributed by atoms with van der Waals surface area (Å²) in [6.45, 7) is -0.000418. The van der Waals surface area contributed by atoms with E-state index in [1.54, 1.807) is 0 Å². The molecular weight excluding hydrogens is 553 g/mol. The Morgan fingerprint density at radius 2 is 1.13 bits per heavy atom. The van der Waals surface area contributed by atoms with Crippen molar-refractivity contribution in [3.05, 3.63) is 146 Å². The Kier molecular flexibility index (Phi) is 5.05. The Morgan fingerprint density at radius 1 is 0.467 bits per heavy atom. The van der Waals surface area contributed by atoms with Gasteiger partial charge in [0.15, 0.2) is 11.3 Å². The number of hydrogen-bond acceptors (Lipinski definition) is 4. The van der Waals surface area contributed by atoms with Crippen molar-refractivity contribution in [1.29, 1.82) is 0 Å². The third kappa shape index (κ3) is 3.61. The van der Waals surface area contributed by atoms with Crippen LogP contribution in [-0.2, 0) is 0 Å². The summed E-state index contributed by atoms with van der Waals surface area (Å²) in [7, 11) is 0. The van der Waals surface area contributed by atoms with E-state index in [0.717, 1.165) is 78.4 Å². The fraction of sp³-hybridized carbons (Fsp3) is 0. The lowest BCUT2D eigenvalue weighted by Gasteiger charge is -2.32. The van der Waals surface area contributed by atoms with Gasteiger partial charge in [0.1, 0.15) is 22.8 Å². The van der Waals surface area contributed by atoms with Crippen LogP contribution in [0.3, 0.4) is 0 Å². The Bertz CT molecular complexity index is 2460. The number of para-hydroxylation sites is 3. The minimum Gasteiger partial charge on any atom is -0.458 e. The average molecular weight is 577 g/mol. The maximum Gasteiger partial charge on any atom is 0.260 e. The lowest BCUT2D eigenvalue weighted by molar-refractivity contribution is 0.462. The predicted octanol–water partition coefficient (Wildman–Crippen LogP) is 8.94. The van der Waals surface area contributed by atoms with E-state index in [1.165, 1.54) is 10.8 Å². The molecule has 0 N–H and O–H groups in total. The molecule has 2 aliphatic heterocycles. The van der Waals surface area contributed by atoms with Crippen LogP contribution in [-0.4, -0.2) is 6.71 Å². The van der Waals surface area contributed by atoms with Crippen LogP contribution in [0.5, 0.6) is 23.0 Å². The van der Waals surface area contributed by atoms with Crippen molar-refractivity contribution in [1.82, 2.24) is 0 Å². The molecule has 0 aliphatic carbocycles. The Labute approximate surface area is 259 Å². The molecule has 0 saturated heterocycles. The molecule has 0 atom stereocenters. The molecule has 0 saturated carbocycles. The first-order valence-corrected chi connectivity index (χ1v) is 15.2. The van der Waals surface area contributed by atoms with Gasteiger partial charge in [-0.15, -0.1) is 0 Å². The molecule has 0 bridgehead atoms. The van der Waals surface area contributed by atoms with Crippen LogP contribution in [0.4, 0.5) is 17.1 Å². The molecule has 0 spiro atoms. The summed E-state index contributed by atoms with van der Waals surface area (Å²) in [6, 6.07) is 50.7. The highest BCUT2D eigenvalue weighted by molar-refractivity contribution is 6.98. The maximum absolute atomic E-state index is 6.75. The fourth-order valence-electron chi connectivity index (χ4n) is 7.13. The van der Waals surface area contributed by atoms with Crippen molar-refractivity contribution in [2.75, 3.05) is 4.90 Å². The number of anilines is 3. The van der Waals surface area contributed by atoms with E-state index >= 15 is 0 Å². The lowest BCUT2D eigenvalue weighted by Crippen LogP contribution is -2.57. The number of benzene rings is 7. The summed E-state index contributed by atoms with van der Waals surface area (Å²) >= 11 is 0. The molecule has 210 valence electrons. The first-order chi connectivity index (χ1) is 22.3. The largest absolute Gasteiger partial charge is 0.458 e. The molecule has 10 rings (SSSR count). The minimum absolute atomic E-state index is 0.000418. The van der Waals surface area contributed by atoms with Gasteiger partial charge in [0, 0.05) is 39.4 Å². The molecule has 7 aromatic carbocycles. The molecule has 0 radical (unpaired) electrons. The molecule has 0 unspecified atom stereocenters. The van der Waals surface area contributed by atoms with E-state index in [0.29, 0.717) is 0 Å². The fourth-order valence-corrected chi connectivity index (χ4v) is 7.13. The van der Waals surface area contributed by atoms with E-state index in [-0.39, 0.29) is 6.71 Å². The topological polar surface area (TPSA) is 34.8 Å². The summed E-state index contributed by atoms with van der Waals surface area (Å²) in [5, 5.41) is 4.39. The summed E-state index contributed by atoms with van der Waals surface area (Å²) < 4.78 is 20.0. The van der Waals surface area contributed by atoms with Crippen molar-refractivity contribution in [3.63, 3.8) is 0 Å². The molecule has 3 heterocycles. The zero-order valence-corrected chi connectivity index (χ0v) is 24.1. The highest BCUT2D eigenvalue weighted by Crippen LogP contribution is 2.45. The zero-order valence-electron chi connectivity index (χ0n) is 24.1. The van der Waals surface area contributed by atoms with Gasteiger partial charge in [-0.2, -0.15) is 0 Å². The van der Waals surface area contributed by atoms with Crippen LogP contribution in [0.15, 0.2) is 150 Å².